The van der Waals surface area contributed by atoms with Gasteiger partial charge in [-0.2, -0.15) is 0 Å². The topological polar surface area (TPSA) is 136 Å². The van der Waals surface area contributed by atoms with Crippen LogP contribution in [-0.4, -0.2) is 43.3 Å². The van der Waals surface area contributed by atoms with Crippen molar-refractivity contribution in [2.45, 2.75) is 83.5 Å². The molecule has 4 rings (SSSR count). The summed E-state index contributed by atoms with van der Waals surface area (Å²) in [7, 11) is 0. The van der Waals surface area contributed by atoms with Crippen molar-refractivity contribution in [3.05, 3.63) is 79.9 Å². The van der Waals surface area contributed by atoms with E-state index in [9.17, 15) is 9.59 Å². The minimum atomic E-state index is -0.364. The Morgan fingerprint density at radius 1 is 0.642 bits per heavy atom. The number of rotatable bonds is 27. The van der Waals surface area contributed by atoms with Gasteiger partial charge in [0.15, 0.2) is 0 Å². The van der Waals surface area contributed by atoms with Gasteiger partial charge >= 0.3 is 11.9 Å². The van der Waals surface area contributed by atoms with Crippen LogP contribution in [0.5, 0.6) is 5.75 Å². The molecule has 0 aliphatic heterocycles. The Hall–Kier alpha value is -4.75. The Morgan fingerprint density at radius 3 is 1.75 bits per heavy atom. The summed E-state index contributed by atoms with van der Waals surface area (Å²) in [5.41, 5.74) is 2.55. The highest BCUT2D eigenvalue weighted by Crippen LogP contribution is 2.39. The van der Waals surface area contributed by atoms with Gasteiger partial charge in [0.25, 0.3) is 0 Å². The van der Waals surface area contributed by atoms with Crippen molar-refractivity contribution in [2.75, 3.05) is 31.7 Å². The van der Waals surface area contributed by atoms with Gasteiger partial charge in [0, 0.05) is 24.4 Å². The first-order valence-corrected chi connectivity index (χ1v) is 20.0. The average molecular weight is 759 g/mol. The smallest absolute Gasteiger partial charge is 0.330 e. The summed E-state index contributed by atoms with van der Waals surface area (Å²) in [6.07, 6.45) is 16.7. The molecule has 0 bridgehead atoms. The lowest BCUT2D eigenvalue weighted by atomic mass is 10.1. The fourth-order valence-corrected chi connectivity index (χ4v) is 7.02. The SMILES string of the molecule is C=CC(=O)OCCCCCCCCCCCOc1ccc(/N=N/c2cc3sc(/N=N/c4ccc(NCCCCCCOC(=O)C=C)cc4)nc3s2)cc1. The minimum Gasteiger partial charge on any atom is -0.494 e. The molecule has 282 valence electrons. The Bertz CT molecular complexity index is 1720. The van der Waals surface area contributed by atoms with Gasteiger partial charge in [-0.15, -0.1) is 20.5 Å². The molecule has 2 heterocycles. The molecule has 0 unspecified atom stereocenters. The number of nitrogens with one attached hydrogen (secondary N) is 1. The first-order valence-electron chi connectivity index (χ1n) is 18.4. The van der Waals surface area contributed by atoms with Gasteiger partial charge in [0.05, 0.1) is 35.9 Å². The van der Waals surface area contributed by atoms with E-state index in [1.807, 2.05) is 54.6 Å². The predicted molar refractivity (Wildman–Crippen MR) is 215 cm³/mol. The second-order valence-corrected chi connectivity index (χ2v) is 14.3. The second kappa shape index (κ2) is 24.5. The molecule has 0 saturated carbocycles. The van der Waals surface area contributed by atoms with Crippen LogP contribution in [0.25, 0.3) is 9.53 Å². The van der Waals surface area contributed by atoms with Crippen LogP contribution >= 0.6 is 22.7 Å². The van der Waals surface area contributed by atoms with E-state index < -0.39 is 0 Å². The highest BCUT2D eigenvalue weighted by atomic mass is 32.1. The molecule has 0 amide bonds. The van der Waals surface area contributed by atoms with Gasteiger partial charge < -0.3 is 19.5 Å². The molecule has 0 saturated heterocycles. The molecule has 0 aliphatic carbocycles. The van der Waals surface area contributed by atoms with E-state index in [4.69, 9.17) is 14.2 Å². The zero-order valence-electron chi connectivity index (χ0n) is 30.4. The molecule has 0 aliphatic rings. The molecule has 1 N–H and O–H groups in total. The number of carbonyl (C=O) groups excluding carboxylic acids is 2. The maximum Gasteiger partial charge on any atom is 0.330 e. The monoisotopic (exact) mass is 758 g/mol. The number of benzene rings is 2. The van der Waals surface area contributed by atoms with Crippen molar-refractivity contribution >= 4 is 71.3 Å². The van der Waals surface area contributed by atoms with E-state index in [1.165, 1.54) is 66.9 Å². The Balaban J connectivity index is 1.06. The lowest BCUT2D eigenvalue weighted by Crippen LogP contribution is -2.03. The Morgan fingerprint density at radius 2 is 1.17 bits per heavy atom. The molecule has 2 aromatic heterocycles. The highest BCUT2D eigenvalue weighted by Gasteiger charge is 2.09. The number of azo groups is 2. The van der Waals surface area contributed by atoms with Crippen LogP contribution in [0.15, 0.2) is 100 Å². The zero-order chi connectivity index (χ0) is 37.4. The van der Waals surface area contributed by atoms with E-state index in [2.05, 4.69) is 43.9 Å². The van der Waals surface area contributed by atoms with Gasteiger partial charge in [0.1, 0.15) is 15.6 Å². The van der Waals surface area contributed by atoms with Gasteiger partial charge in [-0.1, -0.05) is 87.2 Å². The number of esters is 2. The minimum absolute atomic E-state index is 0.339. The normalized spacial score (nSPS) is 11.3. The number of thiazole rings is 1. The third-order valence-corrected chi connectivity index (χ3v) is 9.99. The van der Waals surface area contributed by atoms with Gasteiger partial charge in [0.2, 0.25) is 5.13 Å². The van der Waals surface area contributed by atoms with E-state index >= 15 is 0 Å². The molecule has 4 aromatic rings. The number of hydrogen-bond donors (Lipinski definition) is 1. The van der Waals surface area contributed by atoms with Crippen LogP contribution in [0.4, 0.5) is 27.2 Å². The molecule has 2 aromatic carbocycles. The third-order valence-electron chi connectivity index (χ3n) is 8.06. The number of aromatic nitrogens is 1. The summed E-state index contributed by atoms with van der Waals surface area (Å²) in [6.45, 7) is 9.30. The number of nitrogens with zero attached hydrogens (tertiary/aromatic N) is 5. The van der Waals surface area contributed by atoms with Crippen LogP contribution in [0.2, 0.25) is 0 Å². The highest BCUT2D eigenvalue weighted by molar-refractivity contribution is 7.30. The van der Waals surface area contributed by atoms with Crippen molar-refractivity contribution in [2.24, 2.45) is 20.5 Å². The predicted octanol–water partition coefficient (Wildman–Crippen LogP) is 12.5. The second-order valence-electron chi connectivity index (χ2n) is 12.3. The van der Waals surface area contributed by atoms with Crippen molar-refractivity contribution in [3.8, 4) is 5.75 Å². The average Bonchev–Trinajstić information content (AvgIpc) is 3.75. The molecule has 11 nitrogen and oxygen atoms in total. The lowest BCUT2D eigenvalue weighted by molar-refractivity contribution is -0.138. The molecule has 53 heavy (non-hydrogen) atoms. The molecular formula is C40H50N6O5S2. The summed E-state index contributed by atoms with van der Waals surface area (Å²) < 4.78 is 16.9. The number of carbonyl (C=O) groups is 2. The first kappa shape index (κ1) is 41.0. The van der Waals surface area contributed by atoms with Crippen molar-refractivity contribution < 1.29 is 23.8 Å². The summed E-state index contributed by atoms with van der Waals surface area (Å²) in [6, 6.07) is 17.5. The van der Waals surface area contributed by atoms with Crippen LogP contribution in [0.3, 0.4) is 0 Å². The van der Waals surface area contributed by atoms with E-state index in [0.717, 1.165) is 95.3 Å². The van der Waals surface area contributed by atoms with E-state index in [0.29, 0.717) is 25.0 Å². The zero-order valence-corrected chi connectivity index (χ0v) is 32.0. The fourth-order valence-electron chi connectivity index (χ4n) is 5.17. The third kappa shape index (κ3) is 16.6. The molecule has 0 spiro atoms. The van der Waals surface area contributed by atoms with Crippen LogP contribution < -0.4 is 10.1 Å². The maximum atomic E-state index is 11.0. The lowest BCUT2D eigenvalue weighted by Gasteiger charge is -2.06. The number of anilines is 1. The number of fused-ring (bicyclic) bond motifs is 1. The largest absolute Gasteiger partial charge is 0.494 e. The Labute approximate surface area is 320 Å². The van der Waals surface area contributed by atoms with Crippen molar-refractivity contribution in [3.63, 3.8) is 0 Å². The van der Waals surface area contributed by atoms with Gasteiger partial charge in [-0.3, -0.25) is 0 Å². The van der Waals surface area contributed by atoms with Crippen LogP contribution in [-0.2, 0) is 19.1 Å². The molecule has 0 atom stereocenters. The standard InChI is InChI=1S/C40H50N6O5S2/c1-3-37(47)50-28-16-12-9-7-5-6-8-11-15-27-49-34-24-22-33(23-25-34)43-45-36-30-35-39(53-36)42-40(52-35)46-44-32-20-18-31(19-21-32)41-26-14-10-13-17-29-51-38(48)4-2/h3-4,18-25,30,41H,1-2,5-17,26-29H2/b45-43+,46-44+. The molecule has 0 fully saturated rings. The van der Waals surface area contributed by atoms with Crippen LogP contribution in [0.1, 0.15) is 83.5 Å². The van der Waals surface area contributed by atoms with Gasteiger partial charge in [-0.25, -0.2) is 14.6 Å². The van der Waals surface area contributed by atoms with Crippen LogP contribution in [0, 0.1) is 0 Å². The van der Waals surface area contributed by atoms with E-state index in [1.54, 1.807) is 0 Å². The molecule has 13 heteroatoms. The Kier molecular flexibility index (Phi) is 18.9. The number of thiophene rings is 1. The first-order chi connectivity index (χ1) is 26.0. The quantitative estimate of drug-likeness (QED) is 0.0276. The number of unbranched alkanes of at least 4 members (excludes halogenated alkanes) is 11. The fraction of sp³-hybridized carbons (Fsp3) is 0.425. The van der Waals surface area contributed by atoms with Gasteiger partial charge in [-0.05, 0) is 86.7 Å². The number of ether oxygens (including phenoxy) is 3. The molecule has 0 radical (unpaired) electrons. The van der Waals surface area contributed by atoms with Crippen molar-refractivity contribution in [1.29, 1.82) is 0 Å². The van der Waals surface area contributed by atoms with E-state index in [-0.39, 0.29) is 11.9 Å². The summed E-state index contributed by atoms with van der Waals surface area (Å²) >= 11 is 2.94. The summed E-state index contributed by atoms with van der Waals surface area (Å²) in [4.78, 5) is 27.5. The molecular weight excluding hydrogens is 709 g/mol. The number of hydrogen-bond acceptors (Lipinski definition) is 13. The van der Waals surface area contributed by atoms with Crippen molar-refractivity contribution in [1.82, 2.24) is 4.98 Å². The maximum absolute atomic E-state index is 11.0. The summed E-state index contributed by atoms with van der Waals surface area (Å²) in [5.74, 6) is 0.134. The summed E-state index contributed by atoms with van der Waals surface area (Å²) in [5, 5.41) is 22.3.